The molecule has 4 nitrogen and oxygen atoms in total. The van der Waals surface area contributed by atoms with E-state index >= 15 is 0 Å². The van der Waals surface area contributed by atoms with Gasteiger partial charge in [0.1, 0.15) is 0 Å². The highest BCUT2D eigenvalue weighted by Crippen LogP contribution is 2.19. The highest BCUT2D eigenvalue weighted by atomic mass is 16.2. The lowest BCUT2D eigenvalue weighted by Crippen LogP contribution is -2.40. The molecule has 2 atom stereocenters. The Kier molecular flexibility index (Phi) is 4.35. The lowest BCUT2D eigenvalue weighted by molar-refractivity contribution is -0.125. The average molecular weight is 199 g/mol. The van der Waals surface area contributed by atoms with Crippen molar-refractivity contribution in [1.82, 2.24) is 10.3 Å². The third kappa shape index (κ3) is 2.96. The largest absolute Gasteiger partial charge is 0.302 e. The number of amides is 1. The SMILES string of the molecule is CCC1CCN(CC(C)C(=O)NN)C1. The molecule has 82 valence electrons. The molecule has 0 bridgehead atoms. The molecule has 1 amide bonds. The summed E-state index contributed by atoms with van der Waals surface area (Å²) in [7, 11) is 0. The van der Waals surface area contributed by atoms with Crippen LogP contribution in [0.3, 0.4) is 0 Å². The minimum Gasteiger partial charge on any atom is -0.302 e. The maximum Gasteiger partial charge on any atom is 0.237 e. The number of carbonyl (C=O) groups excluding carboxylic acids is 1. The Morgan fingerprint density at radius 2 is 2.43 bits per heavy atom. The highest BCUT2D eigenvalue weighted by molar-refractivity contribution is 5.77. The van der Waals surface area contributed by atoms with Crippen molar-refractivity contribution in [2.45, 2.75) is 26.7 Å². The van der Waals surface area contributed by atoms with Gasteiger partial charge in [-0.2, -0.15) is 0 Å². The fourth-order valence-electron chi connectivity index (χ4n) is 2.02. The number of carbonyl (C=O) groups is 1. The van der Waals surface area contributed by atoms with E-state index in [0.29, 0.717) is 0 Å². The van der Waals surface area contributed by atoms with Crippen molar-refractivity contribution in [2.75, 3.05) is 19.6 Å². The molecule has 0 aliphatic carbocycles. The molecule has 3 N–H and O–H groups in total. The summed E-state index contributed by atoms with van der Waals surface area (Å²) in [6.45, 7) is 7.24. The number of hydrogen-bond acceptors (Lipinski definition) is 3. The molecule has 14 heavy (non-hydrogen) atoms. The maximum absolute atomic E-state index is 11.2. The second kappa shape index (κ2) is 5.32. The summed E-state index contributed by atoms with van der Waals surface area (Å²) in [5, 5.41) is 0. The molecule has 1 aliphatic heterocycles. The van der Waals surface area contributed by atoms with E-state index in [1.54, 1.807) is 0 Å². The van der Waals surface area contributed by atoms with Gasteiger partial charge in [0.2, 0.25) is 5.91 Å². The lowest BCUT2D eigenvalue weighted by atomic mass is 10.1. The molecule has 0 aromatic heterocycles. The van der Waals surface area contributed by atoms with Gasteiger partial charge in [0.15, 0.2) is 0 Å². The van der Waals surface area contributed by atoms with E-state index in [0.717, 1.165) is 25.6 Å². The van der Waals surface area contributed by atoms with Crippen molar-refractivity contribution >= 4 is 5.91 Å². The van der Waals surface area contributed by atoms with E-state index in [4.69, 9.17) is 5.84 Å². The summed E-state index contributed by atoms with van der Waals surface area (Å²) in [4.78, 5) is 13.5. The Morgan fingerprint density at radius 1 is 1.71 bits per heavy atom. The number of hydrogen-bond donors (Lipinski definition) is 2. The third-order valence-electron chi connectivity index (χ3n) is 3.07. The molecule has 0 spiro atoms. The standard InChI is InChI=1S/C10H21N3O/c1-3-9-4-5-13(7-9)6-8(2)10(14)12-11/h8-9H,3-7,11H2,1-2H3,(H,12,14). The first-order chi connectivity index (χ1) is 6.67. The van der Waals surface area contributed by atoms with Crippen LogP contribution >= 0.6 is 0 Å². The zero-order valence-corrected chi connectivity index (χ0v) is 9.12. The van der Waals surface area contributed by atoms with Gasteiger partial charge < -0.3 is 4.90 Å². The van der Waals surface area contributed by atoms with Crippen LogP contribution in [-0.4, -0.2) is 30.4 Å². The van der Waals surface area contributed by atoms with E-state index in [1.165, 1.54) is 12.8 Å². The Balaban J connectivity index is 2.28. The van der Waals surface area contributed by atoms with E-state index in [2.05, 4.69) is 17.2 Å². The first-order valence-corrected chi connectivity index (χ1v) is 5.40. The number of nitrogens with zero attached hydrogens (tertiary/aromatic N) is 1. The highest BCUT2D eigenvalue weighted by Gasteiger charge is 2.23. The predicted octanol–water partition coefficient (Wildman–Crippen LogP) is 0.344. The summed E-state index contributed by atoms with van der Waals surface area (Å²) in [5.41, 5.74) is 2.20. The second-order valence-corrected chi connectivity index (χ2v) is 4.23. The van der Waals surface area contributed by atoms with E-state index in [-0.39, 0.29) is 11.8 Å². The smallest absolute Gasteiger partial charge is 0.237 e. The number of rotatable bonds is 4. The molecule has 1 saturated heterocycles. The first-order valence-electron chi connectivity index (χ1n) is 5.40. The maximum atomic E-state index is 11.2. The molecular formula is C10H21N3O. The van der Waals surface area contributed by atoms with Gasteiger partial charge in [-0.05, 0) is 18.9 Å². The molecule has 0 aromatic rings. The van der Waals surface area contributed by atoms with Gasteiger partial charge in [-0.3, -0.25) is 10.2 Å². The minimum atomic E-state index is -0.0649. The van der Waals surface area contributed by atoms with Crippen LogP contribution in [0.5, 0.6) is 0 Å². The van der Waals surface area contributed by atoms with Crippen LogP contribution < -0.4 is 11.3 Å². The molecule has 1 aliphatic rings. The summed E-state index contributed by atoms with van der Waals surface area (Å²) in [6, 6.07) is 0. The van der Waals surface area contributed by atoms with Crippen LogP contribution in [0.15, 0.2) is 0 Å². The van der Waals surface area contributed by atoms with E-state index in [9.17, 15) is 4.79 Å². The second-order valence-electron chi connectivity index (χ2n) is 4.23. The topological polar surface area (TPSA) is 58.4 Å². The van der Waals surface area contributed by atoms with Gasteiger partial charge in [-0.1, -0.05) is 20.3 Å². The fourth-order valence-corrected chi connectivity index (χ4v) is 2.02. The van der Waals surface area contributed by atoms with E-state index in [1.807, 2.05) is 6.92 Å². The van der Waals surface area contributed by atoms with Gasteiger partial charge >= 0.3 is 0 Å². The predicted molar refractivity (Wildman–Crippen MR) is 56.3 cm³/mol. The molecule has 0 radical (unpaired) electrons. The van der Waals surface area contributed by atoms with Crippen molar-refractivity contribution in [2.24, 2.45) is 17.7 Å². The number of nitrogens with one attached hydrogen (secondary N) is 1. The van der Waals surface area contributed by atoms with Crippen molar-refractivity contribution in [1.29, 1.82) is 0 Å². The Labute approximate surface area is 85.8 Å². The zero-order chi connectivity index (χ0) is 10.6. The van der Waals surface area contributed by atoms with Gasteiger partial charge in [0, 0.05) is 19.0 Å². The summed E-state index contributed by atoms with van der Waals surface area (Å²) >= 11 is 0. The van der Waals surface area contributed by atoms with Crippen molar-refractivity contribution in [3.8, 4) is 0 Å². The number of nitrogens with two attached hydrogens (primary N) is 1. The van der Waals surface area contributed by atoms with E-state index < -0.39 is 0 Å². The van der Waals surface area contributed by atoms with Crippen molar-refractivity contribution in [3.63, 3.8) is 0 Å². The number of hydrazine groups is 1. The van der Waals surface area contributed by atoms with Crippen LogP contribution in [0.25, 0.3) is 0 Å². The number of likely N-dealkylation sites (tertiary alicyclic amines) is 1. The van der Waals surface area contributed by atoms with Crippen molar-refractivity contribution in [3.05, 3.63) is 0 Å². The van der Waals surface area contributed by atoms with Crippen LogP contribution in [0.2, 0.25) is 0 Å². The Hall–Kier alpha value is -0.610. The summed E-state index contributed by atoms with van der Waals surface area (Å²) < 4.78 is 0. The summed E-state index contributed by atoms with van der Waals surface area (Å²) in [6.07, 6.45) is 2.52. The lowest BCUT2D eigenvalue weighted by Gasteiger charge is -2.19. The third-order valence-corrected chi connectivity index (χ3v) is 3.07. The average Bonchev–Trinajstić information content (AvgIpc) is 2.64. The summed E-state index contributed by atoms with van der Waals surface area (Å²) in [5.74, 6) is 5.84. The molecule has 4 heteroatoms. The molecule has 0 saturated carbocycles. The van der Waals surface area contributed by atoms with Crippen molar-refractivity contribution < 1.29 is 4.79 Å². The molecule has 1 heterocycles. The fraction of sp³-hybridized carbons (Fsp3) is 0.900. The van der Waals surface area contributed by atoms with Crippen LogP contribution in [0.1, 0.15) is 26.7 Å². The Morgan fingerprint density at radius 3 is 2.93 bits per heavy atom. The van der Waals surface area contributed by atoms with Gasteiger partial charge in [-0.25, -0.2) is 5.84 Å². The van der Waals surface area contributed by atoms with Gasteiger partial charge in [0.05, 0.1) is 0 Å². The first kappa shape index (κ1) is 11.5. The normalized spacial score (nSPS) is 24.9. The molecule has 0 aromatic carbocycles. The Bertz CT molecular complexity index is 196. The minimum absolute atomic E-state index is 0.00407. The molecular weight excluding hydrogens is 178 g/mol. The van der Waals surface area contributed by atoms with Crippen LogP contribution in [-0.2, 0) is 4.79 Å². The molecule has 1 fully saturated rings. The quantitative estimate of drug-likeness (QED) is 0.390. The van der Waals surface area contributed by atoms with Gasteiger partial charge in [0.25, 0.3) is 0 Å². The van der Waals surface area contributed by atoms with Gasteiger partial charge in [-0.15, -0.1) is 0 Å². The van der Waals surface area contributed by atoms with Crippen LogP contribution in [0.4, 0.5) is 0 Å². The van der Waals surface area contributed by atoms with Crippen LogP contribution in [0, 0.1) is 11.8 Å². The monoisotopic (exact) mass is 199 g/mol. The molecule has 2 unspecified atom stereocenters. The zero-order valence-electron chi connectivity index (χ0n) is 9.12. The molecule has 1 rings (SSSR count).